The summed E-state index contributed by atoms with van der Waals surface area (Å²) in [6.45, 7) is 0. The van der Waals surface area contributed by atoms with Crippen molar-refractivity contribution in [3.63, 3.8) is 0 Å². The van der Waals surface area contributed by atoms with E-state index in [0.29, 0.717) is 0 Å². The lowest BCUT2D eigenvalue weighted by Crippen LogP contribution is -2.17. The van der Waals surface area contributed by atoms with E-state index < -0.39 is 17.7 Å². The van der Waals surface area contributed by atoms with Crippen LogP contribution < -0.4 is 5.32 Å². The van der Waals surface area contributed by atoms with E-state index in [4.69, 9.17) is 16.7 Å². The fraction of sp³-hybridized carbons (Fsp3) is 0. The second kappa shape index (κ2) is 5.71. The molecule has 0 aliphatic carbocycles. The number of benzene rings is 2. The predicted molar refractivity (Wildman–Crippen MR) is 72.8 cm³/mol. The molecule has 2 N–H and O–H groups in total. The molecule has 0 aliphatic rings. The Morgan fingerprint density at radius 1 is 1.10 bits per heavy atom. The van der Waals surface area contributed by atoms with Gasteiger partial charge in [-0.15, -0.1) is 0 Å². The molecule has 2 aromatic rings. The smallest absolute Gasteiger partial charge is 0.336 e. The lowest BCUT2D eigenvalue weighted by molar-refractivity contribution is 0.0692. The number of carbonyl (C=O) groups excluding carboxylic acids is 1. The SMILES string of the molecule is O=C(O)c1ccccc1C(=O)Nc1ccc(Cl)cc1F. The van der Waals surface area contributed by atoms with Crippen LogP contribution in [0.15, 0.2) is 42.5 Å². The summed E-state index contributed by atoms with van der Waals surface area (Å²) < 4.78 is 13.6. The molecule has 1 amide bonds. The van der Waals surface area contributed by atoms with Gasteiger partial charge in [0.15, 0.2) is 0 Å². The molecule has 0 aromatic heterocycles. The third-order valence-corrected chi connectivity index (χ3v) is 2.82. The number of halogens is 2. The Bertz CT molecular complexity index is 688. The molecule has 0 radical (unpaired) electrons. The zero-order chi connectivity index (χ0) is 14.7. The van der Waals surface area contributed by atoms with Crippen molar-refractivity contribution < 1.29 is 19.1 Å². The second-order valence-corrected chi connectivity index (χ2v) is 4.37. The highest BCUT2D eigenvalue weighted by Gasteiger charge is 2.16. The number of carboxylic acids is 1. The molecule has 0 aliphatic heterocycles. The number of amides is 1. The number of nitrogens with one attached hydrogen (secondary N) is 1. The van der Waals surface area contributed by atoms with Gasteiger partial charge in [-0.3, -0.25) is 4.79 Å². The monoisotopic (exact) mass is 293 g/mol. The molecule has 4 nitrogen and oxygen atoms in total. The lowest BCUT2D eigenvalue weighted by Gasteiger charge is -2.08. The summed E-state index contributed by atoms with van der Waals surface area (Å²) in [4.78, 5) is 23.0. The fourth-order valence-electron chi connectivity index (χ4n) is 1.65. The molecule has 0 unspecified atom stereocenters. The summed E-state index contributed by atoms with van der Waals surface area (Å²) in [5.74, 6) is -2.63. The zero-order valence-electron chi connectivity index (χ0n) is 10.1. The van der Waals surface area contributed by atoms with Crippen molar-refractivity contribution in [2.75, 3.05) is 5.32 Å². The summed E-state index contributed by atoms with van der Waals surface area (Å²) >= 11 is 5.61. The van der Waals surface area contributed by atoms with Gasteiger partial charge in [0.05, 0.1) is 16.8 Å². The molecular weight excluding hydrogens is 285 g/mol. The summed E-state index contributed by atoms with van der Waals surface area (Å²) in [5, 5.41) is 11.5. The van der Waals surface area contributed by atoms with Gasteiger partial charge in [-0.25, -0.2) is 9.18 Å². The van der Waals surface area contributed by atoms with Gasteiger partial charge in [0.2, 0.25) is 0 Å². The van der Waals surface area contributed by atoms with Crippen molar-refractivity contribution in [2.45, 2.75) is 0 Å². The van der Waals surface area contributed by atoms with E-state index in [-0.39, 0.29) is 21.8 Å². The van der Waals surface area contributed by atoms with Crippen LogP contribution in [0, 0.1) is 5.82 Å². The molecule has 0 spiro atoms. The summed E-state index contributed by atoms with van der Waals surface area (Å²) in [5.41, 5.74) is -0.270. The van der Waals surface area contributed by atoms with Crippen LogP contribution in [-0.2, 0) is 0 Å². The van der Waals surface area contributed by atoms with Crippen molar-refractivity contribution >= 4 is 29.2 Å². The maximum absolute atomic E-state index is 13.6. The van der Waals surface area contributed by atoms with Gasteiger partial charge in [-0.05, 0) is 30.3 Å². The first-order chi connectivity index (χ1) is 9.49. The van der Waals surface area contributed by atoms with Crippen LogP contribution in [0.3, 0.4) is 0 Å². The van der Waals surface area contributed by atoms with Crippen molar-refractivity contribution in [1.29, 1.82) is 0 Å². The fourth-order valence-corrected chi connectivity index (χ4v) is 1.81. The number of hydrogen-bond donors (Lipinski definition) is 2. The van der Waals surface area contributed by atoms with Crippen molar-refractivity contribution in [3.8, 4) is 0 Å². The van der Waals surface area contributed by atoms with Crippen LogP contribution in [0.1, 0.15) is 20.7 Å². The molecule has 2 aromatic carbocycles. The van der Waals surface area contributed by atoms with E-state index in [1.807, 2.05) is 0 Å². The average Bonchev–Trinajstić information content (AvgIpc) is 2.41. The number of hydrogen-bond acceptors (Lipinski definition) is 2. The first kappa shape index (κ1) is 14.0. The Balaban J connectivity index is 2.31. The van der Waals surface area contributed by atoms with Crippen LogP contribution in [0.25, 0.3) is 0 Å². The number of rotatable bonds is 3. The summed E-state index contributed by atoms with van der Waals surface area (Å²) in [6, 6.07) is 9.47. The maximum Gasteiger partial charge on any atom is 0.336 e. The molecule has 0 heterocycles. The van der Waals surface area contributed by atoms with E-state index in [2.05, 4.69) is 5.32 Å². The summed E-state index contributed by atoms with van der Waals surface area (Å²) in [6.07, 6.45) is 0. The first-order valence-electron chi connectivity index (χ1n) is 5.58. The maximum atomic E-state index is 13.6. The van der Waals surface area contributed by atoms with E-state index in [9.17, 15) is 14.0 Å². The van der Waals surface area contributed by atoms with Crippen molar-refractivity contribution in [1.82, 2.24) is 0 Å². The molecule has 0 saturated carbocycles. The van der Waals surface area contributed by atoms with Gasteiger partial charge in [0.1, 0.15) is 5.82 Å². The number of carbonyl (C=O) groups is 2. The third-order valence-electron chi connectivity index (χ3n) is 2.58. The Morgan fingerprint density at radius 2 is 1.75 bits per heavy atom. The third kappa shape index (κ3) is 2.95. The lowest BCUT2D eigenvalue weighted by atomic mass is 10.1. The molecule has 0 saturated heterocycles. The second-order valence-electron chi connectivity index (χ2n) is 3.93. The van der Waals surface area contributed by atoms with Gasteiger partial charge >= 0.3 is 5.97 Å². The molecule has 0 bridgehead atoms. The first-order valence-corrected chi connectivity index (χ1v) is 5.95. The molecule has 0 fully saturated rings. The predicted octanol–water partition coefficient (Wildman–Crippen LogP) is 3.43. The molecule has 20 heavy (non-hydrogen) atoms. The van der Waals surface area contributed by atoms with E-state index in [1.54, 1.807) is 0 Å². The van der Waals surface area contributed by atoms with Crippen LogP contribution in [-0.4, -0.2) is 17.0 Å². The van der Waals surface area contributed by atoms with Crippen LogP contribution in [0.5, 0.6) is 0 Å². The number of aromatic carboxylic acids is 1. The Kier molecular flexibility index (Phi) is 4.00. The Morgan fingerprint density at radius 3 is 2.35 bits per heavy atom. The standard InChI is InChI=1S/C14H9ClFNO3/c15-8-5-6-12(11(16)7-8)17-13(18)9-3-1-2-4-10(9)14(19)20/h1-7H,(H,17,18)(H,19,20). The van der Waals surface area contributed by atoms with Crippen LogP contribution in [0.2, 0.25) is 5.02 Å². The zero-order valence-corrected chi connectivity index (χ0v) is 10.8. The quantitative estimate of drug-likeness (QED) is 0.911. The average molecular weight is 294 g/mol. The highest BCUT2D eigenvalue weighted by Crippen LogP contribution is 2.20. The molecule has 6 heteroatoms. The topological polar surface area (TPSA) is 66.4 Å². The number of carboxylic acid groups (broad SMARTS) is 1. The highest BCUT2D eigenvalue weighted by molar-refractivity contribution is 6.30. The van der Waals surface area contributed by atoms with Gasteiger partial charge in [-0.2, -0.15) is 0 Å². The molecule has 0 atom stereocenters. The van der Waals surface area contributed by atoms with Crippen molar-refractivity contribution in [2.24, 2.45) is 0 Å². The van der Waals surface area contributed by atoms with Crippen LogP contribution >= 0.6 is 11.6 Å². The molecule has 102 valence electrons. The minimum Gasteiger partial charge on any atom is -0.478 e. The summed E-state index contributed by atoms with van der Waals surface area (Å²) in [7, 11) is 0. The van der Waals surface area contributed by atoms with E-state index in [1.165, 1.54) is 36.4 Å². The van der Waals surface area contributed by atoms with Gasteiger partial charge in [0, 0.05) is 5.02 Å². The van der Waals surface area contributed by atoms with E-state index >= 15 is 0 Å². The molecular formula is C14H9ClFNO3. The normalized spacial score (nSPS) is 10.1. The minimum absolute atomic E-state index is 0.0469. The highest BCUT2D eigenvalue weighted by atomic mass is 35.5. The van der Waals surface area contributed by atoms with Gasteiger partial charge in [0.25, 0.3) is 5.91 Å². The minimum atomic E-state index is -1.23. The number of anilines is 1. The van der Waals surface area contributed by atoms with Crippen molar-refractivity contribution in [3.05, 3.63) is 64.4 Å². The Labute approximate surface area is 118 Å². The van der Waals surface area contributed by atoms with Crippen LogP contribution in [0.4, 0.5) is 10.1 Å². The van der Waals surface area contributed by atoms with Gasteiger partial charge < -0.3 is 10.4 Å². The Hall–Kier alpha value is -2.40. The molecule has 2 rings (SSSR count). The van der Waals surface area contributed by atoms with Gasteiger partial charge in [-0.1, -0.05) is 23.7 Å². The largest absolute Gasteiger partial charge is 0.478 e. The van der Waals surface area contributed by atoms with E-state index in [0.717, 1.165) is 6.07 Å².